The van der Waals surface area contributed by atoms with E-state index in [1.54, 1.807) is 18.7 Å². The Kier molecular flexibility index (Phi) is 6.00. The van der Waals surface area contributed by atoms with Crippen LogP contribution in [-0.2, 0) is 11.3 Å². The largest absolute Gasteiger partial charge is 0.352 e. The van der Waals surface area contributed by atoms with Crippen molar-refractivity contribution in [2.75, 3.05) is 13.1 Å². The monoisotopic (exact) mass is 348 g/mol. The van der Waals surface area contributed by atoms with Crippen LogP contribution < -0.4 is 16.6 Å². The predicted octanol–water partition coefficient (Wildman–Crippen LogP) is 0.553. The third-order valence-electron chi connectivity index (χ3n) is 4.48. The van der Waals surface area contributed by atoms with Gasteiger partial charge in [-0.15, -0.1) is 0 Å². The molecule has 0 bridgehead atoms. The summed E-state index contributed by atoms with van der Waals surface area (Å²) in [6, 6.07) is 1.40. The Hall–Kier alpha value is -2.15. The minimum Gasteiger partial charge on any atom is -0.352 e. The molecular weight excluding hydrogens is 320 g/mol. The molecular formula is C18H28N4O3. The van der Waals surface area contributed by atoms with E-state index in [0.717, 1.165) is 12.8 Å². The first kappa shape index (κ1) is 19.2. The Morgan fingerprint density at radius 1 is 1.36 bits per heavy atom. The van der Waals surface area contributed by atoms with Crippen molar-refractivity contribution in [3.8, 4) is 0 Å². The van der Waals surface area contributed by atoms with Crippen molar-refractivity contribution < 1.29 is 9.59 Å². The van der Waals surface area contributed by atoms with E-state index in [4.69, 9.17) is 5.73 Å². The van der Waals surface area contributed by atoms with Gasteiger partial charge in [-0.05, 0) is 46.1 Å². The molecule has 3 N–H and O–H groups in total. The Balaban J connectivity index is 2.35. The molecule has 1 atom stereocenters. The first-order valence-electron chi connectivity index (χ1n) is 8.76. The predicted molar refractivity (Wildman–Crippen MR) is 96.6 cm³/mol. The molecule has 0 saturated carbocycles. The smallest absolute Gasteiger partial charge is 0.255 e. The maximum atomic E-state index is 13.0. The van der Waals surface area contributed by atoms with Crippen LogP contribution in [-0.4, -0.2) is 46.5 Å². The van der Waals surface area contributed by atoms with Crippen molar-refractivity contribution in [3.05, 3.63) is 33.2 Å². The zero-order chi connectivity index (χ0) is 18.7. The number of aromatic nitrogens is 1. The summed E-state index contributed by atoms with van der Waals surface area (Å²) in [7, 11) is 0. The highest BCUT2D eigenvalue weighted by Crippen LogP contribution is 2.18. The van der Waals surface area contributed by atoms with Gasteiger partial charge in [0, 0.05) is 36.9 Å². The first-order valence-corrected chi connectivity index (χ1v) is 8.76. The average molecular weight is 348 g/mol. The lowest BCUT2D eigenvalue weighted by molar-refractivity contribution is -0.122. The van der Waals surface area contributed by atoms with Gasteiger partial charge in [0.1, 0.15) is 6.54 Å². The number of hydrogen-bond donors (Lipinski definition) is 2. The Bertz CT molecular complexity index is 724. The van der Waals surface area contributed by atoms with E-state index in [0.29, 0.717) is 29.9 Å². The SMILES string of the molecule is Cc1cc(=O)n(CC(=O)NC(C)C)c(C)c1C(=O)N1CCCC(N)C1. The van der Waals surface area contributed by atoms with E-state index in [1.165, 1.54) is 10.6 Å². The molecule has 25 heavy (non-hydrogen) atoms. The number of aryl methyl sites for hydroxylation is 1. The number of nitrogens with one attached hydrogen (secondary N) is 1. The number of likely N-dealkylation sites (tertiary alicyclic amines) is 1. The highest BCUT2D eigenvalue weighted by atomic mass is 16.2. The van der Waals surface area contributed by atoms with Gasteiger partial charge in [-0.3, -0.25) is 14.4 Å². The van der Waals surface area contributed by atoms with E-state index >= 15 is 0 Å². The third kappa shape index (κ3) is 4.48. The van der Waals surface area contributed by atoms with Crippen LogP contribution in [0, 0.1) is 13.8 Å². The van der Waals surface area contributed by atoms with Gasteiger partial charge >= 0.3 is 0 Å². The van der Waals surface area contributed by atoms with Crippen LogP contribution in [0.15, 0.2) is 10.9 Å². The molecule has 7 nitrogen and oxygen atoms in total. The number of carbonyl (C=O) groups excluding carboxylic acids is 2. The quantitative estimate of drug-likeness (QED) is 0.830. The Morgan fingerprint density at radius 3 is 2.64 bits per heavy atom. The fourth-order valence-electron chi connectivity index (χ4n) is 3.30. The number of carbonyl (C=O) groups is 2. The maximum absolute atomic E-state index is 13.0. The number of nitrogens with zero attached hydrogens (tertiary/aromatic N) is 2. The van der Waals surface area contributed by atoms with Crippen molar-refractivity contribution in [2.24, 2.45) is 5.73 Å². The topological polar surface area (TPSA) is 97.4 Å². The molecule has 1 unspecified atom stereocenters. The van der Waals surface area contributed by atoms with Crippen LogP contribution in [0.5, 0.6) is 0 Å². The number of amides is 2. The highest BCUT2D eigenvalue weighted by molar-refractivity contribution is 5.96. The van der Waals surface area contributed by atoms with Crippen molar-refractivity contribution in [1.29, 1.82) is 0 Å². The number of rotatable bonds is 4. The summed E-state index contributed by atoms with van der Waals surface area (Å²) in [6.07, 6.45) is 1.79. The molecule has 2 heterocycles. The number of piperidine rings is 1. The van der Waals surface area contributed by atoms with E-state index in [1.807, 2.05) is 13.8 Å². The van der Waals surface area contributed by atoms with Crippen LogP contribution in [0.3, 0.4) is 0 Å². The fourth-order valence-corrected chi connectivity index (χ4v) is 3.30. The molecule has 1 aliphatic heterocycles. The van der Waals surface area contributed by atoms with Gasteiger partial charge < -0.3 is 20.5 Å². The average Bonchev–Trinajstić information content (AvgIpc) is 2.50. The summed E-state index contributed by atoms with van der Waals surface area (Å²) in [4.78, 5) is 39.1. The molecule has 0 spiro atoms. The van der Waals surface area contributed by atoms with Crippen LogP contribution in [0.1, 0.15) is 48.3 Å². The van der Waals surface area contributed by atoms with E-state index in [9.17, 15) is 14.4 Å². The lowest BCUT2D eigenvalue weighted by Gasteiger charge is -2.32. The lowest BCUT2D eigenvalue weighted by Crippen LogP contribution is -2.46. The minimum absolute atomic E-state index is 0.00936. The standard InChI is InChI=1S/C18H28N4O3/c1-11(2)20-15(23)10-22-13(4)17(12(3)8-16(22)24)18(25)21-7-5-6-14(19)9-21/h8,11,14H,5-7,9-10,19H2,1-4H3,(H,20,23). The zero-order valence-corrected chi connectivity index (χ0v) is 15.5. The van der Waals surface area contributed by atoms with Crippen LogP contribution in [0.25, 0.3) is 0 Å². The van der Waals surface area contributed by atoms with Crippen LogP contribution >= 0.6 is 0 Å². The van der Waals surface area contributed by atoms with Crippen molar-refractivity contribution >= 4 is 11.8 Å². The molecule has 2 amide bonds. The normalized spacial score (nSPS) is 17.7. The molecule has 1 saturated heterocycles. The number of hydrogen-bond acceptors (Lipinski definition) is 4. The second kappa shape index (κ2) is 7.82. The second-order valence-electron chi connectivity index (χ2n) is 7.09. The van der Waals surface area contributed by atoms with Gasteiger partial charge in [-0.2, -0.15) is 0 Å². The molecule has 0 radical (unpaired) electrons. The summed E-state index contributed by atoms with van der Waals surface area (Å²) >= 11 is 0. The van der Waals surface area contributed by atoms with Gasteiger partial charge in [-0.1, -0.05) is 0 Å². The Labute approximate surface area is 148 Å². The summed E-state index contributed by atoms with van der Waals surface area (Å²) < 4.78 is 1.36. The van der Waals surface area contributed by atoms with Gasteiger partial charge in [0.15, 0.2) is 0 Å². The zero-order valence-electron chi connectivity index (χ0n) is 15.5. The van der Waals surface area contributed by atoms with Gasteiger partial charge in [-0.25, -0.2) is 0 Å². The molecule has 7 heteroatoms. The molecule has 1 aromatic heterocycles. The first-order chi connectivity index (χ1) is 11.7. The van der Waals surface area contributed by atoms with Gasteiger partial charge in [0.2, 0.25) is 5.91 Å². The van der Waals surface area contributed by atoms with Crippen molar-refractivity contribution in [2.45, 2.75) is 59.2 Å². The Morgan fingerprint density at radius 2 is 2.04 bits per heavy atom. The molecule has 0 aliphatic carbocycles. The fraction of sp³-hybridized carbons (Fsp3) is 0.611. The van der Waals surface area contributed by atoms with Gasteiger partial charge in [0.05, 0.1) is 5.56 Å². The highest BCUT2D eigenvalue weighted by Gasteiger charge is 2.26. The summed E-state index contributed by atoms with van der Waals surface area (Å²) in [5.41, 5.74) is 7.35. The molecule has 0 aromatic carbocycles. The van der Waals surface area contributed by atoms with E-state index in [2.05, 4.69) is 5.32 Å². The maximum Gasteiger partial charge on any atom is 0.255 e. The molecule has 138 valence electrons. The second-order valence-corrected chi connectivity index (χ2v) is 7.09. The summed E-state index contributed by atoms with van der Waals surface area (Å²) in [5.74, 6) is -0.370. The van der Waals surface area contributed by atoms with Crippen molar-refractivity contribution in [3.63, 3.8) is 0 Å². The summed E-state index contributed by atoms with van der Waals surface area (Å²) in [5, 5.41) is 2.77. The van der Waals surface area contributed by atoms with E-state index in [-0.39, 0.29) is 36.0 Å². The van der Waals surface area contributed by atoms with Crippen LogP contribution in [0.4, 0.5) is 0 Å². The third-order valence-corrected chi connectivity index (χ3v) is 4.48. The number of nitrogens with two attached hydrogens (primary N) is 1. The molecule has 1 aromatic rings. The van der Waals surface area contributed by atoms with E-state index < -0.39 is 0 Å². The summed E-state index contributed by atoms with van der Waals surface area (Å²) in [6.45, 7) is 8.28. The molecule has 2 rings (SSSR count). The van der Waals surface area contributed by atoms with Crippen LogP contribution in [0.2, 0.25) is 0 Å². The number of pyridine rings is 1. The van der Waals surface area contributed by atoms with Crippen molar-refractivity contribution in [1.82, 2.24) is 14.8 Å². The lowest BCUT2D eigenvalue weighted by atomic mass is 10.0. The molecule has 1 fully saturated rings. The molecule has 1 aliphatic rings. The minimum atomic E-state index is -0.277. The van der Waals surface area contributed by atoms with Gasteiger partial charge in [0.25, 0.3) is 11.5 Å².